The summed E-state index contributed by atoms with van der Waals surface area (Å²) in [5.74, 6) is 0.432. The predicted octanol–water partition coefficient (Wildman–Crippen LogP) is 3.14. The van der Waals surface area contributed by atoms with Crippen LogP contribution in [-0.4, -0.2) is 28.1 Å². The fourth-order valence-electron chi connectivity index (χ4n) is 3.14. The lowest BCUT2D eigenvalue weighted by atomic mass is 9.91. The highest BCUT2D eigenvalue weighted by Gasteiger charge is 2.49. The second-order valence-electron chi connectivity index (χ2n) is 5.34. The molecule has 0 spiro atoms. The second kappa shape index (κ2) is 4.81. The van der Waals surface area contributed by atoms with E-state index in [-0.39, 0.29) is 6.10 Å². The van der Waals surface area contributed by atoms with Crippen molar-refractivity contribution < 1.29 is 9.84 Å². The molecule has 4 rings (SSSR count). The lowest BCUT2D eigenvalue weighted by Gasteiger charge is -2.25. The Hall–Kier alpha value is -1.40. The summed E-state index contributed by atoms with van der Waals surface area (Å²) in [6.07, 6.45) is 0.0598. The van der Waals surface area contributed by atoms with Gasteiger partial charge in [0.25, 0.3) is 0 Å². The summed E-state index contributed by atoms with van der Waals surface area (Å²) in [5.41, 5.74) is 2.58. The summed E-state index contributed by atoms with van der Waals surface area (Å²) in [5, 5.41) is 11.5. The summed E-state index contributed by atoms with van der Waals surface area (Å²) < 4.78 is 6.77. The van der Waals surface area contributed by atoms with E-state index in [0.717, 1.165) is 26.7 Å². The zero-order valence-electron chi connectivity index (χ0n) is 11.3. The average Bonchev–Trinajstić information content (AvgIpc) is 3.12. The lowest BCUT2D eigenvalue weighted by molar-refractivity contribution is 0.114. The molecular formula is C17H14INO2. The van der Waals surface area contributed by atoms with E-state index in [9.17, 15) is 5.11 Å². The second-order valence-corrected chi connectivity index (χ2v) is 6.22. The number of aliphatic hydroxyl groups is 1. The molecule has 0 fully saturated rings. The maximum absolute atomic E-state index is 11.5. The van der Waals surface area contributed by atoms with Gasteiger partial charge in [0.05, 0.1) is 6.54 Å². The minimum Gasteiger partial charge on any atom is -0.472 e. The number of nitrogens with zero attached hydrogens (tertiary/aromatic N) is 1. The summed E-state index contributed by atoms with van der Waals surface area (Å²) in [7, 11) is 0. The first-order chi connectivity index (χ1) is 10.2. The molecule has 0 bridgehead atoms. The van der Waals surface area contributed by atoms with Crippen molar-refractivity contribution in [2.24, 2.45) is 4.99 Å². The highest BCUT2D eigenvalue weighted by Crippen LogP contribution is 2.48. The van der Waals surface area contributed by atoms with Crippen LogP contribution in [0.15, 0.2) is 53.5 Å². The number of benzene rings is 2. The van der Waals surface area contributed by atoms with Crippen LogP contribution in [0.4, 0.5) is 0 Å². The van der Waals surface area contributed by atoms with Gasteiger partial charge in [-0.2, -0.15) is 0 Å². The van der Waals surface area contributed by atoms with Crippen LogP contribution in [0.2, 0.25) is 0 Å². The molecule has 0 aromatic heterocycles. The Morgan fingerprint density at radius 2 is 1.67 bits per heavy atom. The molecule has 106 valence electrons. The van der Waals surface area contributed by atoms with E-state index >= 15 is 0 Å². The Morgan fingerprint density at radius 3 is 2.19 bits per heavy atom. The van der Waals surface area contributed by atoms with E-state index < -0.39 is 5.60 Å². The van der Waals surface area contributed by atoms with Crippen molar-refractivity contribution in [2.45, 2.75) is 11.7 Å². The smallest absolute Gasteiger partial charge is 0.226 e. The lowest BCUT2D eigenvalue weighted by Crippen LogP contribution is -2.36. The van der Waals surface area contributed by atoms with Gasteiger partial charge in [0.1, 0.15) is 6.10 Å². The Morgan fingerprint density at radius 1 is 1.10 bits per heavy atom. The molecule has 2 aromatic carbocycles. The topological polar surface area (TPSA) is 41.8 Å². The summed E-state index contributed by atoms with van der Waals surface area (Å²) in [4.78, 5) is 4.48. The number of rotatable bonds is 2. The van der Waals surface area contributed by atoms with E-state index in [1.807, 2.05) is 48.5 Å². The molecule has 0 amide bonds. The third-order valence-electron chi connectivity index (χ3n) is 4.12. The Kier molecular flexibility index (Phi) is 3.04. The van der Waals surface area contributed by atoms with Gasteiger partial charge in [0.2, 0.25) is 5.90 Å². The summed E-state index contributed by atoms with van der Waals surface area (Å²) in [6.45, 7) is 0.616. The molecule has 1 aliphatic heterocycles. The van der Waals surface area contributed by atoms with Crippen LogP contribution >= 0.6 is 22.6 Å². The van der Waals surface area contributed by atoms with E-state index in [1.165, 1.54) is 0 Å². The summed E-state index contributed by atoms with van der Waals surface area (Å²) >= 11 is 2.29. The normalized spacial score (nSPS) is 21.4. The molecule has 1 unspecified atom stereocenters. The maximum atomic E-state index is 11.5. The largest absolute Gasteiger partial charge is 0.472 e. The molecule has 1 heterocycles. The van der Waals surface area contributed by atoms with Crippen molar-refractivity contribution in [2.75, 3.05) is 11.0 Å². The van der Waals surface area contributed by atoms with E-state index in [1.54, 1.807) is 0 Å². The first-order valence-corrected chi connectivity index (χ1v) is 8.47. The molecule has 0 saturated carbocycles. The number of ether oxygens (including phenoxy) is 1. The Bertz CT molecular complexity index is 696. The van der Waals surface area contributed by atoms with Crippen LogP contribution in [0.1, 0.15) is 11.1 Å². The van der Waals surface area contributed by atoms with Crippen LogP contribution < -0.4 is 0 Å². The Balaban J connectivity index is 1.93. The monoisotopic (exact) mass is 391 g/mol. The molecule has 2 aromatic rings. The molecule has 21 heavy (non-hydrogen) atoms. The van der Waals surface area contributed by atoms with E-state index in [4.69, 9.17) is 4.74 Å². The van der Waals surface area contributed by atoms with E-state index in [0.29, 0.717) is 12.4 Å². The molecule has 4 heteroatoms. The minimum atomic E-state index is -1.26. The molecule has 0 radical (unpaired) electrons. The van der Waals surface area contributed by atoms with Crippen LogP contribution in [-0.2, 0) is 10.3 Å². The summed E-state index contributed by atoms with van der Waals surface area (Å²) in [6, 6.07) is 15.9. The highest BCUT2D eigenvalue weighted by molar-refractivity contribution is 14.1. The van der Waals surface area contributed by atoms with Crippen LogP contribution in [0.3, 0.4) is 0 Å². The van der Waals surface area contributed by atoms with Gasteiger partial charge in [-0.3, -0.25) is 0 Å². The molecule has 1 N–H and O–H groups in total. The number of hydrogen-bond donors (Lipinski definition) is 1. The van der Waals surface area contributed by atoms with Gasteiger partial charge in [-0.25, -0.2) is 4.99 Å². The number of fused-ring (bicyclic) bond motifs is 3. The van der Waals surface area contributed by atoms with Crippen molar-refractivity contribution in [3.8, 4) is 11.1 Å². The van der Waals surface area contributed by atoms with Gasteiger partial charge >= 0.3 is 0 Å². The standard InChI is InChI=1S/C17H14INO2/c18-9-11-10-19-16(21-11)17(20)14-7-3-1-5-12(14)13-6-2-4-8-15(13)17/h1-8,11,20H,9-10H2. The van der Waals surface area contributed by atoms with Crippen molar-refractivity contribution in [3.05, 3.63) is 59.7 Å². The van der Waals surface area contributed by atoms with Gasteiger partial charge in [0.15, 0.2) is 5.60 Å². The van der Waals surface area contributed by atoms with Crippen molar-refractivity contribution in [1.29, 1.82) is 0 Å². The van der Waals surface area contributed by atoms with Gasteiger partial charge in [-0.15, -0.1) is 0 Å². The van der Waals surface area contributed by atoms with E-state index in [2.05, 4.69) is 27.6 Å². The Labute approximate surface area is 136 Å². The fraction of sp³-hybridized carbons (Fsp3) is 0.235. The quantitative estimate of drug-likeness (QED) is 0.632. The van der Waals surface area contributed by atoms with Crippen LogP contribution in [0, 0.1) is 0 Å². The highest BCUT2D eigenvalue weighted by atomic mass is 127. The van der Waals surface area contributed by atoms with Crippen molar-refractivity contribution in [1.82, 2.24) is 0 Å². The SMILES string of the molecule is OC1(C2=NCC(CI)O2)c2ccccc2-c2ccccc21. The molecular weight excluding hydrogens is 377 g/mol. The average molecular weight is 391 g/mol. The fourth-order valence-corrected chi connectivity index (χ4v) is 3.60. The molecule has 1 aliphatic carbocycles. The first kappa shape index (κ1) is 13.3. The zero-order chi connectivity index (χ0) is 14.4. The number of halogens is 1. The molecule has 1 atom stereocenters. The maximum Gasteiger partial charge on any atom is 0.226 e. The third-order valence-corrected chi connectivity index (χ3v) is 5.10. The van der Waals surface area contributed by atoms with Gasteiger partial charge in [-0.05, 0) is 11.1 Å². The molecule has 3 nitrogen and oxygen atoms in total. The zero-order valence-corrected chi connectivity index (χ0v) is 13.4. The van der Waals surface area contributed by atoms with Gasteiger partial charge < -0.3 is 9.84 Å². The van der Waals surface area contributed by atoms with Crippen LogP contribution in [0.25, 0.3) is 11.1 Å². The third kappa shape index (κ3) is 1.78. The van der Waals surface area contributed by atoms with Gasteiger partial charge in [-0.1, -0.05) is 71.1 Å². The number of alkyl halides is 1. The predicted molar refractivity (Wildman–Crippen MR) is 90.9 cm³/mol. The molecule has 0 saturated heterocycles. The molecule has 2 aliphatic rings. The van der Waals surface area contributed by atoms with Gasteiger partial charge in [0, 0.05) is 15.6 Å². The van der Waals surface area contributed by atoms with Crippen LogP contribution in [0.5, 0.6) is 0 Å². The first-order valence-electron chi connectivity index (χ1n) is 6.94. The number of hydrogen-bond acceptors (Lipinski definition) is 3. The van der Waals surface area contributed by atoms with Crippen molar-refractivity contribution in [3.63, 3.8) is 0 Å². The number of aliphatic imine (C=N–C) groups is 1. The minimum absolute atomic E-state index is 0.0598. The van der Waals surface area contributed by atoms with Crippen molar-refractivity contribution >= 4 is 28.5 Å².